The van der Waals surface area contributed by atoms with E-state index >= 15 is 0 Å². The lowest BCUT2D eigenvalue weighted by atomic mass is 10.2. The average Bonchev–Trinajstić information content (AvgIpc) is 2.41. The van der Waals surface area contributed by atoms with Gasteiger partial charge in [0.1, 0.15) is 5.60 Å². The monoisotopic (exact) mass is 238 g/mol. The highest BCUT2D eigenvalue weighted by atomic mass is 16.6. The van der Waals surface area contributed by atoms with Crippen LogP contribution in [-0.4, -0.2) is 42.9 Å². The number of nitrogens with zero attached hydrogens (tertiary/aromatic N) is 2. The van der Waals surface area contributed by atoms with Crippen molar-refractivity contribution in [2.45, 2.75) is 26.4 Å². The van der Waals surface area contributed by atoms with Gasteiger partial charge in [-0.25, -0.2) is 4.79 Å². The molecule has 1 amide bonds. The highest BCUT2D eigenvalue weighted by molar-refractivity contribution is 5.68. The Morgan fingerprint density at radius 2 is 2.29 bits per heavy atom. The molecule has 1 fully saturated rings. The van der Waals surface area contributed by atoms with Crippen LogP contribution in [0.15, 0.2) is 11.6 Å². The molecule has 1 aliphatic rings. The molecule has 0 aliphatic carbocycles. The number of hydrogen-bond donors (Lipinski definition) is 0. The molecular weight excluding hydrogens is 220 g/mol. The van der Waals surface area contributed by atoms with E-state index < -0.39 is 5.60 Å². The first-order chi connectivity index (χ1) is 7.92. The molecule has 0 saturated carbocycles. The van der Waals surface area contributed by atoms with Crippen LogP contribution in [0.5, 0.6) is 0 Å². The molecule has 1 heterocycles. The van der Waals surface area contributed by atoms with Crippen molar-refractivity contribution in [3.05, 3.63) is 11.6 Å². The quantitative estimate of drug-likeness (QED) is 0.603. The largest absolute Gasteiger partial charge is 0.444 e. The molecule has 5 nitrogen and oxygen atoms in total. The Balaban J connectivity index is 2.66. The Labute approximate surface area is 102 Å². The predicted molar refractivity (Wildman–Crippen MR) is 62.3 cm³/mol. The summed E-state index contributed by atoms with van der Waals surface area (Å²) in [7, 11) is 0. The maximum Gasteiger partial charge on any atom is 0.410 e. The molecule has 5 heteroatoms. The van der Waals surface area contributed by atoms with E-state index in [1.165, 1.54) is 6.08 Å². The molecule has 0 aromatic heterocycles. The molecule has 0 bridgehead atoms. The summed E-state index contributed by atoms with van der Waals surface area (Å²) in [5, 5.41) is 8.61. The summed E-state index contributed by atoms with van der Waals surface area (Å²) in [6, 6.07) is 1.95. The maximum atomic E-state index is 11.9. The molecule has 0 spiro atoms. The van der Waals surface area contributed by atoms with Gasteiger partial charge < -0.3 is 14.4 Å². The summed E-state index contributed by atoms with van der Waals surface area (Å²) in [5.74, 6) is 0. The lowest BCUT2D eigenvalue weighted by Gasteiger charge is -2.26. The highest BCUT2D eigenvalue weighted by Gasteiger charge is 2.24. The van der Waals surface area contributed by atoms with Crippen molar-refractivity contribution in [1.29, 1.82) is 5.26 Å². The molecule has 0 aromatic rings. The SMILES string of the molecule is CC(C)(C)OC(=O)N1CCOC/C(=C/C#N)C1. The van der Waals surface area contributed by atoms with E-state index in [4.69, 9.17) is 14.7 Å². The van der Waals surface area contributed by atoms with Gasteiger partial charge >= 0.3 is 6.09 Å². The van der Waals surface area contributed by atoms with E-state index in [9.17, 15) is 4.79 Å². The minimum atomic E-state index is -0.511. The van der Waals surface area contributed by atoms with Gasteiger partial charge in [-0.1, -0.05) is 0 Å². The second-order valence-electron chi connectivity index (χ2n) is 4.89. The van der Waals surface area contributed by atoms with Gasteiger partial charge in [0.2, 0.25) is 0 Å². The summed E-state index contributed by atoms with van der Waals surface area (Å²) in [6.45, 7) is 7.21. The fourth-order valence-corrected chi connectivity index (χ4v) is 1.41. The van der Waals surface area contributed by atoms with E-state index in [0.29, 0.717) is 26.3 Å². The number of nitriles is 1. The fourth-order valence-electron chi connectivity index (χ4n) is 1.41. The highest BCUT2D eigenvalue weighted by Crippen LogP contribution is 2.13. The summed E-state index contributed by atoms with van der Waals surface area (Å²) >= 11 is 0. The zero-order chi connectivity index (χ0) is 12.9. The third-order valence-electron chi connectivity index (χ3n) is 2.11. The molecule has 1 rings (SSSR count). The van der Waals surface area contributed by atoms with Crippen LogP contribution < -0.4 is 0 Å². The van der Waals surface area contributed by atoms with E-state index in [1.807, 2.05) is 26.8 Å². The lowest BCUT2D eigenvalue weighted by Crippen LogP contribution is -2.38. The Hall–Kier alpha value is -1.54. The molecule has 0 radical (unpaired) electrons. The van der Waals surface area contributed by atoms with Crippen molar-refractivity contribution in [2.24, 2.45) is 0 Å². The third kappa shape index (κ3) is 4.87. The van der Waals surface area contributed by atoms with Crippen molar-refractivity contribution in [3.63, 3.8) is 0 Å². The minimum Gasteiger partial charge on any atom is -0.444 e. The zero-order valence-electron chi connectivity index (χ0n) is 10.5. The summed E-state index contributed by atoms with van der Waals surface area (Å²) < 4.78 is 10.6. The number of rotatable bonds is 0. The Bertz CT molecular complexity index is 350. The van der Waals surface area contributed by atoms with Crippen LogP contribution in [0.4, 0.5) is 4.79 Å². The van der Waals surface area contributed by atoms with E-state index in [2.05, 4.69) is 0 Å². The van der Waals surface area contributed by atoms with Gasteiger partial charge in [-0.15, -0.1) is 0 Å². The van der Waals surface area contributed by atoms with Gasteiger partial charge in [0.05, 0.1) is 19.3 Å². The van der Waals surface area contributed by atoms with Crippen LogP contribution in [0.1, 0.15) is 20.8 Å². The first-order valence-corrected chi connectivity index (χ1v) is 5.55. The van der Waals surface area contributed by atoms with Crippen molar-refractivity contribution >= 4 is 6.09 Å². The van der Waals surface area contributed by atoms with Crippen LogP contribution >= 0.6 is 0 Å². The van der Waals surface area contributed by atoms with Crippen LogP contribution in [0.2, 0.25) is 0 Å². The van der Waals surface area contributed by atoms with E-state index in [1.54, 1.807) is 4.90 Å². The number of carbonyl (C=O) groups excluding carboxylic acids is 1. The van der Waals surface area contributed by atoms with E-state index in [-0.39, 0.29) is 6.09 Å². The van der Waals surface area contributed by atoms with Gasteiger partial charge in [-0.3, -0.25) is 0 Å². The maximum absolute atomic E-state index is 11.9. The Morgan fingerprint density at radius 3 is 2.88 bits per heavy atom. The second kappa shape index (κ2) is 5.69. The van der Waals surface area contributed by atoms with Crippen LogP contribution in [0, 0.1) is 11.3 Å². The van der Waals surface area contributed by atoms with Crippen molar-refractivity contribution in [3.8, 4) is 6.07 Å². The Kier molecular flexibility index (Phi) is 4.53. The fraction of sp³-hybridized carbons (Fsp3) is 0.667. The Morgan fingerprint density at radius 1 is 1.59 bits per heavy atom. The van der Waals surface area contributed by atoms with Gasteiger partial charge in [0.25, 0.3) is 0 Å². The molecule has 1 aliphatic heterocycles. The molecule has 0 unspecified atom stereocenters. The third-order valence-corrected chi connectivity index (χ3v) is 2.11. The van der Waals surface area contributed by atoms with Gasteiger partial charge in [-0.05, 0) is 26.3 Å². The summed E-state index contributed by atoms with van der Waals surface area (Å²) in [6.07, 6.45) is 1.05. The standard InChI is InChI=1S/C12H18N2O3/c1-12(2,3)17-11(15)14-6-7-16-9-10(8-14)4-5-13/h4H,6-9H2,1-3H3/b10-4+. The molecule has 94 valence electrons. The first-order valence-electron chi connectivity index (χ1n) is 5.55. The number of allylic oxidation sites excluding steroid dienone is 1. The van der Waals surface area contributed by atoms with Crippen LogP contribution in [0.25, 0.3) is 0 Å². The molecule has 17 heavy (non-hydrogen) atoms. The predicted octanol–water partition coefficient (Wildman–Crippen LogP) is 1.70. The average molecular weight is 238 g/mol. The van der Waals surface area contributed by atoms with Gasteiger partial charge in [-0.2, -0.15) is 5.26 Å². The molecular formula is C12H18N2O3. The molecule has 0 aromatic carbocycles. The molecule has 0 N–H and O–H groups in total. The first kappa shape index (κ1) is 13.5. The van der Waals surface area contributed by atoms with Crippen molar-refractivity contribution in [2.75, 3.05) is 26.3 Å². The van der Waals surface area contributed by atoms with Crippen molar-refractivity contribution in [1.82, 2.24) is 4.90 Å². The van der Waals surface area contributed by atoms with Gasteiger partial charge in [0, 0.05) is 19.2 Å². The van der Waals surface area contributed by atoms with Crippen LogP contribution in [-0.2, 0) is 9.47 Å². The van der Waals surface area contributed by atoms with Crippen LogP contribution in [0.3, 0.4) is 0 Å². The zero-order valence-corrected chi connectivity index (χ0v) is 10.5. The minimum absolute atomic E-state index is 0.369. The number of ether oxygens (including phenoxy) is 2. The number of carbonyl (C=O) groups is 1. The van der Waals surface area contributed by atoms with Crippen molar-refractivity contribution < 1.29 is 14.3 Å². The molecule has 0 atom stereocenters. The van der Waals surface area contributed by atoms with Gasteiger partial charge in [0.15, 0.2) is 0 Å². The second-order valence-corrected chi connectivity index (χ2v) is 4.89. The smallest absolute Gasteiger partial charge is 0.410 e. The normalized spacial score (nSPS) is 19.6. The topological polar surface area (TPSA) is 62.6 Å². The lowest BCUT2D eigenvalue weighted by molar-refractivity contribution is 0.0249. The molecule has 1 saturated heterocycles. The number of hydrogen-bond acceptors (Lipinski definition) is 4. The summed E-state index contributed by atoms with van der Waals surface area (Å²) in [5.41, 5.74) is 0.277. The number of amides is 1. The van der Waals surface area contributed by atoms with E-state index in [0.717, 1.165) is 5.57 Å². The summed E-state index contributed by atoms with van der Waals surface area (Å²) in [4.78, 5) is 13.4.